The Morgan fingerprint density at radius 2 is 2.04 bits per heavy atom. The molecular weight excluding hydrogens is 288 g/mol. The zero-order valence-electron chi connectivity index (χ0n) is 14.4. The van der Waals surface area contributed by atoms with Crippen LogP contribution in [0, 0.1) is 23.7 Å². The molecule has 23 heavy (non-hydrogen) atoms. The van der Waals surface area contributed by atoms with Crippen molar-refractivity contribution < 1.29 is 14.3 Å². The maximum Gasteiger partial charge on any atom is 0.310 e. The van der Waals surface area contributed by atoms with Gasteiger partial charge in [0.25, 0.3) is 0 Å². The Morgan fingerprint density at radius 1 is 1.30 bits per heavy atom. The molecule has 1 aromatic rings. The van der Waals surface area contributed by atoms with Crippen LogP contribution in [0.1, 0.15) is 45.8 Å². The van der Waals surface area contributed by atoms with Crippen LogP contribution in [-0.4, -0.2) is 12.6 Å². The molecule has 0 unspecified atom stereocenters. The summed E-state index contributed by atoms with van der Waals surface area (Å²) in [6.45, 7) is 9.39. The lowest BCUT2D eigenvalue weighted by molar-refractivity contribution is -0.134. The largest absolute Gasteiger partial charge is 0.426 e. The van der Waals surface area contributed by atoms with Crippen molar-refractivity contribution in [1.82, 2.24) is 0 Å². The molecular formula is C20H26O3. The lowest BCUT2D eigenvalue weighted by Gasteiger charge is -2.47. The first-order chi connectivity index (χ1) is 11.0. The molecule has 3 heteroatoms. The van der Waals surface area contributed by atoms with E-state index in [1.807, 2.05) is 31.2 Å². The van der Waals surface area contributed by atoms with Crippen LogP contribution < -0.4 is 4.74 Å². The van der Waals surface area contributed by atoms with Gasteiger partial charge in [-0.15, -0.1) is 0 Å². The number of esters is 1. The Kier molecular flexibility index (Phi) is 4.58. The second-order valence-corrected chi connectivity index (χ2v) is 6.94. The smallest absolute Gasteiger partial charge is 0.310 e. The van der Waals surface area contributed by atoms with Gasteiger partial charge in [0.15, 0.2) is 0 Å². The molecule has 124 valence electrons. The number of para-hydroxylation sites is 1. The molecule has 0 aromatic heterocycles. The minimum Gasteiger partial charge on any atom is -0.426 e. The summed E-state index contributed by atoms with van der Waals surface area (Å²) < 4.78 is 11.8. The first-order valence-electron chi connectivity index (χ1n) is 8.62. The molecule has 1 fully saturated rings. The summed E-state index contributed by atoms with van der Waals surface area (Å²) in [6.07, 6.45) is 2.73. The maximum atomic E-state index is 11.7. The van der Waals surface area contributed by atoms with E-state index in [0.29, 0.717) is 35.8 Å². The number of ether oxygens (including phenoxy) is 2. The SMILES string of the molecule is CCC(=O)Oc1ccccc1[C@H]1OC[C@@H]2[C@@H](C)[C@H]1C(C)=C[C@@H]2C. The number of carbonyl (C=O) groups is 1. The van der Waals surface area contributed by atoms with Gasteiger partial charge in [-0.2, -0.15) is 0 Å². The van der Waals surface area contributed by atoms with Crippen LogP contribution in [0.15, 0.2) is 35.9 Å². The second kappa shape index (κ2) is 6.48. The molecule has 0 saturated carbocycles. The van der Waals surface area contributed by atoms with Gasteiger partial charge >= 0.3 is 5.97 Å². The van der Waals surface area contributed by atoms with Crippen molar-refractivity contribution in [2.75, 3.05) is 6.61 Å². The van der Waals surface area contributed by atoms with Crippen molar-refractivity contribution in [3.05, 3.63) is 41.5 Å². The molecule has 1 aromatic carbocycles. The average Bonchev–Trinajstić information content (AvgIpc) is 2.53. The highest BCUT2D eigenvalue weighted by atomic mass is 16.5. The van der Waals surface area contributed by atoms with E-state index in [1.165, 1.54) is 5.57 Å². The normalized spacial score (nSPS) is 33.0. The topological polar surface area (TPSA) is 35.5 Å². The van der Waals surface area contributed by atoms with Gasteiger partial charge in [0.2, 0.25) is 0 Å². The Labute approximate surface area is 138 Å². The van der Waals surface area contributed by atoms with Crippen LogP contribution in [-0.2, 0) is 9.53 Å². The summed E-state index contributed by atoms with van der Waals surface area (Å²) in [5.41, 5.74) is 2.38. The lowest BCUT2D eigenvalue weighted by Crippen LogP contribution is -2.42. The monoisotopic (exact) mass is 314 g/mol. The van der Waals surface area contributed by atoms with E-state index >= 15 is 0 Å². The van der Waals surface area contributed by atoms with Crippen LogP contribution in [0.5, 0.6) is 5.75 Å². The predicted octanol–water partition coefficient (Wildman–Crippen LogP) is 4.54. The molecule has 2 bridgehead atoms. The van der Waals surface area contributed by atoms with Crippen molar-refractivity contribution in [2.45, 2.75) is 40.2 Å². The highest BCUT2D eigenvalue weighted by molar-refractivity contribution is 5.72. The molecule has 0 spiro atoms. The van der Waals surface area contributed by atoms with Crippen LogP contribution >= 0.6 is 0 Å². The summed E-state index contributed by atoms with van der Waals surface area (Å²) in [7, 11) is 0. The zero-order chi connectivity index (χ0) is 16.6. The van der Waals surface area contributed by atoms with Gasteiger partial charge in [-0.25, -0.2) is 0 Å². The molecule has 0 radical (unpaired) electrons. The third kappa shape index (κ3) is 2.94. The van der Waals surface area contributed by atoms with Crippen molar-refractivity contribution in [1.29, 1.82) is 0 Å². The summed E-state index contributed by atoms with van der Waals surface area (Å²) in [4.78, 5) is 11.7. The van der Waals surface area contributed by atoms with Gasteiger partial charge < -0.3 is 9.47 Å². The fourth-order valence-electron chi connectivity index (χ4n) is 4.23. The minimum atomic E-state index is -0.205. The van der Waals surface area contributed by atoms with E-state index in [0.717, 1.165) is 12.2 Å². The Hall–Kier alpha value is -1.61. The average molecular weight is 314 g/mol. The van der Waals surface area contributed by atoms with E-state index in [2.05, 4.69) is 26.8 Å². The van der Waals surface area contributed by atoms with Crippen molar-refractivity contribution in [3.8, 4) is 5.75 Å². The third-order valence-electron chi connectivity index (χ3n) is 5.50. The molecule has 1 aliphatic carbocycles. The standard InChI is InChI=1S/C20H26O3/c1-5-18(21)23-17-9-7-6-8-15(17)20-19-13(3)10-12(2)16(11-22-20)14(19)4/h6-10,12,14,16,19-20H,5,11H2,1-4H3/t12-,14+,16-,19+,20+/m0/s1. The van der Waals surface area contributed by atoms with E-state index in [-0.39, 0.29) is 12.1 Å². The van der Waals surface area contributed by atoms with Crippen molar-refractivity contribution in [3.63, 3.8) is 0 Å². The van der Waals surface area contributed by atoms with Gasteiger partial charge in [-0.3, -0.25) is 4.79 Å². The molecule has 0 N–H and O–H groups in total. The van der Waals surface area contributed by atoms with Gasteiger partial charge in [0.05, 0.1) is 12.7 Å². The quantitative estimate of drug-likeness (QED) is 0.467. The van der Waals surface area contributed by atoms with E-state index < -0.39 is 0 Å². The number of carbonyl (C=O) groups excluding carboxylic acids is 1. The number of hydrogen-bond donors (Lipinski definition) is 0. The molecule has 5 atom stereocenters. The molecule has 1 heterocycles. The number of fused-ring (bicyclic) bond motifs is 2. The maximum absolute atomic E-state index is 11.7. The fourth-order valence-corrected chi connectivity index (χ4v) is 4.23. The van der Waals surface area contributed by atoms with Crippen LogP contribution in [0.25, 0.3) is 0 Å². The summed E-state index contributed by atoms with van der Waals surface area (Å²) >= 11 is 0. The van der Waals surface area contributed by atoms with E-state index in [9.17, 15) is 4.79 Å². The van der Waals surface area contributed by atoms with Gasteiger partial charge in [-0.1, -0.05) is 50.6 Å². The molecule has 3 rings (SSSR count). The summed E-state index contributed by atoms with van der Waals surface area (Å²) in [5.74, 6) is 2.50. The third-order valence-corrected chi connectivity index (χ3v) is 5.50. The number of allylic oxidation sites excluding steroid dienone is 1. The van der Waals surface area contributed by atoms with E-state index in [4.69, 9.17) is 9.47 Å². The molecule has 1 aliphatic heterocycles. The van der Waals surface area contributed by atoms with Crippen molar-refractivity contribution in [2.24, 2.45) is 23.7 Å². The number of benzene rings is 1. The van der Waals surface area contributed by atoms with E-state index in [1.54, 1.807) is 0 Å². The molecule has 1 saturated heterocycles. The number of rotatable bonds is 3. The molecule has 3 nitrogen and oxygen atoms in total. The van der Waals surface area contributed by atoms with Gasteiger partial charge in [0.1, 0.15) is 5.75 Å². The first kappa shape index (κ1) is 16.3. The van der Waals surface area contributed by atoms with Crippen molar-refractivity contribution >= 4 is 5.97 Å². The highest BCUT2D eigenvalue weighted by Crippen LogP contribution is 2.50. The number of hydrogen-bond acceptors (Lipinski definition) is 3. The summed E-state index contributed by atoms with van der Waals surface area (Å²) in [6, 6.07) is 7.79. The van der Waals surface area contributed by atoms with Crippen LogP contribution in [0.3, 0.4) is 0 Å². The molecule has 0 amide bonds. The molecule has 2 aliphatic rings. The Balaban J connectivity index is 1.96. The van der Waals surface area contributed by atoms with Crippen LogP contribution in [0.2, 0.25) is 0 Å². The second-order valence-electron chi connectivity index (χ2n) is 6.94. The van der Waals surface area contributed by atoms with Gasteiger partial charge in [-0.05, 0) is 30.7 Å². The minimum absolute atomic E-state index is 0.0362. The lowest BCUT2D eigenvalue weighted by atomic mass is 9.64. The fraction of sp³-hybridized carbons (Fsp3) is 0.550. The zero-order valence-corrected chi connectivity index (χ0v) is 14.4. The van der Waals surface area contributed by atoms with Gasteiger partial charge in [0, 0.05) is 17.9 Å². The Morgan fingerprint density at radius 3 is 2.78 bits per heavy atom. The Bertz CT molecular complexity index is 619. The van der Waals surface area contributed by atoms with Crippen LogP contribution in [0.4, 0.5) is 0 Å². The highest BCUT2D eigenvalue weighted by Gasteiger charge is 2.44. The predicted molar refractivity (Wildman–Crippen MR) is 90.1 cm³/mol. The first-order valence-corrected chi connectivity index (χ1v) is 8.62. The summed E-state index contributed by atoms with van der Waals surface area (Å²) in [5, 5.41) is 0.